The van der Waals surface area contributed by atoms with Crippen LogP contribution in [0, 0.1) is 11.8 Å². The topological polar surface area (TPSA) is 74.3 Å². The van der Waals surface area contributed by atoms with Gasteiger partial charge in [0.2, 0.25) is 11.8 Å². The third-order valence-corrected chi connectivity index (χ3v) is 4.84. The molecule has 2 atom stereocenters. The highest BCUT2D eigenvalue weighted by Crippen LogP contribution is 2.22. The minimum Gasteiger partial charge on any atom is -0.359 e. The number of amides is 2. The lowest BCUT2D eigenvalue weighted by Crippen LogP contribution is -2.47. The van der Waals surface area contributed by atoms with Crippen molar-refractivity contribution in [2.24, 2.45) is 11.8 Å². The van der Waals surface area contributed by atoms with Crippen molar-refractivity contribution in [1.82, 2.24) is 20.5 Å². The van der Waals surface area contributed by atoms with E-state index < -0.39 is 0 Å². The lowest BCUT2D eigenvalue weighted by atomic mass is 10.0. The normalized spacial score (nSPS) is 24.2. The van der Waals surface area contributed by atoms with Crippen molar-refractivity contribution in [2.75, 3.05) is 20.1 Å². The molecule has 0 saturated carbocycles. The molecule has 0 aromatic carbocycles. The predicted molar refractivity (Wildman–Crippen MR) is 90.9 cm³/mol. The number of allylic oxidation sites excluding steroid dienone is 2. The lowest BCUT2D eigenvalue weighted by molar-refractivity contribution is -0.127. The highest BCUT2D eigenvalue weighted by molar-refractivity contribution is 5.83. The highest BCUT2D eigenvalue weighted by atomic mass is 16.2. The average molecular weight is 328 g/mol. The van der Waals surface area contributed by atoms with Gasteiger partial charge in [0.05, 0.1) is 12.0 Å². The van der Waals surface area contributed by atoms with Gasteiger partial charge in [0, 0.05) is 45.0 Å². The number of likely N-dealkylation sites (tertiary alicyclic amines) is 1. The summed E-state index contributed by atoms with van der Waals surface area (Å²) in [6.07, 6.45) is 9.23. The van der Waals surface area contributed by atoms with E-state index in [9.17, 15) is 9.59 Å². The summed E-state index contributed by atoms with van der Waals surface area (Å²) in [5.41, 5.74) is 1.16. The van der Waals surface area contributed by atoms with Gasteiger partial charge in [0.15, 0.2) is 0 Å². The third kappa shape index (κ3) is 3.82. The Balaban J connectivity index is 1.64. The molecule has 1 aromatic rings. The number of nitrogens with one attached hydrogen (secondary N) is 2. The molecule has 2 amide bonds. The molecule has 2 aliphatic rings. The van der Waals surface area contributed by atoms with Gasteiger partial charge in [0.1, 0.15) is 0 Å². The molecule has 1 aliphatic heterocycles. The largest absolute Gasteiger partial charge is 0.359 e. The third-order valence-electron chi connectivity index (χ3n) is 4.84. The molecule has 3 rings (SSSR count). The maximum Gasteiger partial charge on any atom is 0.226 e. The van der Waals surface area contributed by atoms with Crippen molar-refractivity contribution in [1.29, 1.82) is 0 Å². The van der Waals surface area contributed by atoms with Crippen LogP contribution in [0.15, 0.2) is 36.7 Å². The summed E-state index contributed by atoms with van der Waals surface area (Å²) in [6.45, 7) is 2.09. The Bertz CT molecular complexity index is 609. The first-order valence-corrected chi connectivity index (χ1v) is 8.45. The van der Waals surface area contributed by atoms with Crippen LogP contribution in [0.25, 0.3) is 0 Å². The molecule has 2 heterocycles. The van der Waals surface area contributed by atoms with Crippen LogP contribution in [0.2, 0.25) is 0 Å². The summed E-state index contributed by atoms with van der Waals surface area (Å²) in [5.74, 6) is -0.147. The number of hydrogen-bond acceptors (Lipinski definition) is 4. The minimum atomic E-state index is -0.213. The number of nitrogens with zero attached hydrogens (tertiary/aromatic N) is 2. The Kier molecular flexibility index (Phi) is 5.25. The number of pyridine rings is 1. The summed E-state index contributed by atoms with van der Waals surface area (Å²) in [5, 5.41) is 5.83. The predicted octanol–water partition coefficient (Wildman–Crippen LogP) is 0.710. The maximum atomic E-state index is 12.4. The Morgan fingerprint density at radius 2 is 1.88 bits per heavy atom. The van der Waals surface area contributed by atoms with Gasteiger partial charge in [-0.3, -0.25) is 19.5 Å². The van der Waals surface area contributed by atoms with Gasteiger partial charge < -0.3 is 10.6 Å². The van der Waals surface area contributed by atoms with Gasteiger partial charge in [0.25, 0.3) is 0 Å². The summed E-state index contributed by atoms with van der Waals surface area (Å²) >= 11 is 0. The highest BCUT2D eigenvalue weighted by Gasteiger charge is 2.38. The van der Waals surface area contributed by atoms with Crippen LogP contribution in [-0.2, 0) is 16.1 Å². The summed E-state index contributed by atoms with van der Waals surface area (Å²) in [6, 6.07) is 3.82. The van der Waals surface area contributed by atoms with E-state index in [2.05, 4.69) is 20.5 Å². The zero-order chi connectivity index (χ0) is 16.9. The summed E-state index contributed by atoms with van der Waals surface area (Å²) in [7, 11) is 1.65. The molecular weight excluding hydrogens is 304 g/mol. The molecule has 1 saturated heterocycles. The van der Waals surface area contributed by atoms with Crippen molar-refractivity contribution < 1.29 is 9.59 Å². The molecule has 0 spiro atoms. The second-order valence-corrected chi connectivity index (χ2v) is 6.53. The number of rotatable bonds is 5. The number of hydrogen-bond donors (Lipinski definition) is 2. The summed E-state index contributed by atoms with van der Waals surface area (Å²) < 4.78 is 0. The fourth-order valence-electron chi connectivity index (χ4n) is 3.49. The zero-order valence-electron chi connectivity index (χ0n) is 13.9. The minimum absolute atomic E-state index is 0.0120. The molecule has 24 heavy (non-hydrogen) atoms. The average Bonchev–Trinajstić information content (AvgIpc) is 3.25. The van der Waals surface area contributed by atoms with Crippen LogP contribution < -0.4 is 10.6 Å². The van der Waals surface area contributed by atoms with Crippen LogP contribution in [-0.4, -0.2) is 47.9 Å². The monoisotopic (exact) mass is 328 g/mol. The lowest BCUT2D eigenvalue weighted by Gasteiger charge is -2.20. The number of carbonyl (C=O) groups excluding carboxylic acids is 2. The van der Waals surface area contributed by atoms with Gasteiger partial charge >= 0.3 is 0 Å². The molecule has 6 nitrogen and oxygen atoms in total. The van der Waals surface area contributed by atoms with Crippen molar-refractivity contribution in [2.45, 2.75) is 25.4 Å². The molecule has 0 radical (unpaired) electrons. The van der Waals surface area contributed by atoms with Gasteiger partial charge in [-0.2, -0.15) is 0 Å². The van der Waals surface area contributed by atoms with E-state index in [1.807, 2.05) is 24.3 Å². The quantitative estimate of drug-likeness (QED) is 0.781. The van der Waals surface area contributed by atoms with Crippen LogP contribution in [0.1, 0.15) is 18.4 Å². The van der Waals surface area contributed by atoms with Gasteiger partial charge in [-0.05, 0) is 30.5 Å². The van der Waals surface area contributed by atoms with Crippen LogP contribution in [0.4, 0.5) is 0 Å². The molecule has 1 aromatic heterocycles. The van der Waals surface area contributed by atoms with Crippen molar-refractivity contribution >= 4 is 11.8 Å². The van der Waals surface area contributed by atoms with E-state index in [0.717, 1.165) is 24.9 Å². The molecular formula is C18H24N4O2. The van der Waals surface area contributed by atoms with Crippen LogP contribution in [0.3, 0.4) is 0 Å². The first kappa shape index (κ1) is 16.6. The smallest absolute Gasteiger partial charge is 0.226 e. The van der Waals surface area contributed by atoms with E-state index in [-0.39, 0.29) is 29.7 Å². The first-order valence-electron chi connectivity index (χ1n) is 8.45. The summed E-state index contributed by atoms with van der Waals surface area (Å²) in [4.78, 5) is 30.9. The molecule has 1 fully saturated rings. The second kappa shape index (κ2) is 7.57. The molecule has 6 heteroatoms. The van der Waals surface area contributed by atoms with E-state index in [1.54, 1.807) is 19.4 Å². The standard InChI is InChI=1S/C18H24N4O2/c1-19-18(24)15-11-22(10-13-6-8-20-9-7-13)12-16(15)21-17(23)14-4-2-3-5-14/h2-3,6-9,14-16H,4-5,10-12H2,1H3,(H,19,24)(H,21,23)/t15-,16-/m0/s1. The van der Waals surface area contributed by atoms with E-state index in [1.165, 1.54) is 0 Å². The van der Waals surface area contributed by atoms with Gasteiger partial charge in [-0.25, -0.2) is 0 Å². The van der Waals surface area contributed by atoms with E-state index >= 15 is 0 Å². The maximum absolute atomic E-state index is 12.4. The van der Waals surface area contributed by atoms with Gasteiger partial charge in [-0.1, -0.05) is 12.2 Å². The molecule has 128 valence electrons. The Hall–Kier alpha value is -2.21. The van der Waals surface area contributed by atoms with Gasteiger partial charge in [-0.15, -0.1) is 0 Å². The van der Waals surface area contributed by atoms with Crippen molar-refractivity contribution in [3.05, 3.63) is 42.2 Å². The van der Waals surface area contributed by atoms with Crippen LogP contribution in [0.5, 0.6) is 0 Å². The molecule has 0 unspecified atom stereocenters. The van der Waals surface area contributed by atoms with Crippen LogP contribution >= 0.6 is 0 Å². The van der Waals surface area contributed by atoms with E-state index in [0.29, 0.717) is 13.1 Å². The zero-order valence-corrected chi connectivity index (χ0v) is 13.9. The van der Waals surface area contributed by atoms with E-state index in [4.69, 9.17) is 0 Å². The number of aromatic nitrogens is 1. The SMILES string of the molecule is CNC(=O)[C@H]1CN(Cc2ccncc2)C[C@@H]1NC(=O)C1CC=CC1. The van der Waals surface area contributed by atoms with Crippen molar-refractivity contribution in [3.63, 3.8) is 0 Å². The Labute approximate surface area is 142 Å². The Morgan fingerprint density at radius 1 is 1.17 bits per heavy atom. The van der Waals surface area contributed by atoms with Crippen molar-refractivity contribution in [3.8, 4) is 0 Å². The fourth-order valence-corrected chi connectivity index (χ4v) is 3.49. The fraction of sp³-hybridized carbons (Fsp3) is 0.500. The Morgan fingerprint density at radius 3 is 2.54 bits per heavy atom. The molecule has 2 N–H and O–H groups in total. The second-order valence-electron chi connectivity index (χ2n) is 6.53. The first-order chi connectivity index (χ1) is 11.7. The molecule has 0 bridgehead atoms. The molecule has 1 aliphatic carbocycles. The number of carbonyl (C=O) groups is 2.